The zero-order valence-electron chi connectivity index (χ0n) is 25.5. The number of anilines is 3. The molecule has 0 saturated carbocycles. The first-order valence-electron chi connectivity index (χ1n) is 15.4. The second-order valence-corrected chi connectivity index (χ2v) is 14.5. The highest BCUT2D eigenvalue weighted by atomic mass is 32.1. The topological polar surface area (TPSA) is 46.8 Å². The first kappa shape index (κ1) is 25.3. The fraction of sp³-hybridized carbons (Fsp3) is 0.154. The largest absolute Gasteiger partial charge is 0.308 e. The molecule has 45 heavy (non-hydrogen) atoms. The maximum atomic E-state index is 4.91. The highest BCUT2D eigenvalue weighted by Gasteiger charge is 2.47. The van der Waals surface area contributed by atoms with E-state index in [1.807, 2.05) is 29.9 Å². The van der Waals surface area contributed by atoms with Gasteiger partial charge in [0.2, 0.25) is 0 Å². The van der Waals surface area contributed by atoms with Crippen LogP contribution in [-0.4, -0.2) is 19.5 Å². The number of aromatic nitrogens is 4. The molecule has 5 nitrogen and oxygen atoms in total. The van der Waals surface area contributed by atoms with Gasteiger partial charge < -0.3 is 9.47 Å². The summed E-state index contributed by atoms with van der Waals surface area (Å²) < 4.78 is 5.16. The van der Waals surface area contributed by atoms with Crippen molar-refractivity contribution in [2.24, 2.45) is 0 Å². The van der Waals surface area contributed by atoms with Crippen molar-refractivity contribution in [1.82, 2.24) is 19.5 Å². The van der Waals surface area contributed by atoms with E-state index in [0.29, 0.717) is 0 Å². The van der Waals surface area contributed by atoms with Gasteiger partial charge in [0.15, 0.2) is 0 Å². The van der Waals surface area contributed by atoms with Gasteiger partial charge in [-0.05, 0) is 60.9 Å². The Balaban J connectivity index is 1.38. The minimum atomic E-state index is -0.351. The predicted octanol–water partition coefficient (Wildman–Crippen LogP) is 10.1. The van der Waals surface area contributed by atoms with Crippen LogP contribution >= 0.6 is 11.3 Å². The summed E-state index contributed by atoms with van der Waals surface area (Å²) in [6.07, 6.45) is 7.56. The molecule has 2 aliphatic heterocycles. The van der Waals surface area contributed by atoms with Crippen LogP contribution < -0.4 is 4.90 Å². The Labute approximate surface area is 264 Å². The lowest BCUT2D eigenvalue weighted by molar-refractivity contribution is 0.581. The van der Waals surface area contributed by atoms with Gasteiger partial charge in [0.25, 0.3) is 0 Å². The van der Waals surface area contributed by atoms with Crippen molar-refractivity contribution in [2.75, 3.05) is 4.90 Å². The van der Waals surface area contributed by atoms with Gasteiger partial charge in [-0.2, -0.15) is 0 Å². The number of thiophene rings is 1. The summed E-state index contributed by atoms with van der Waals surface area (Å²) in [5.74, 6) is 0. The van der Waals surface area contributed by atoms with Crippen molar-refractivity contribution in [3.05, 3.63) is 126 Å². The average molecular weight is 600 g/mol. The third-order valence-electron chi connectivity index (χ3n) is 10.3. The molecular weight excluding hydrogens is 571 g/mol. The van der Waals surface area contributed by atoms with E-state index in [2.05, 4.69) is 126 Å². The molecule has 4 aromatic carbocycles. The number of hydrogen-bond acceptors (Lipinski definition) is 5. The summed E-state index contributed by atoms with van der Waals surface area (Å²) in [5, 5.41) is 5.18. The standard InChI is InChI=1S/C39H29N5S/c1-38(2)27-15-16-40-19-31(27)44-32-20-41-21-42-37(32)39(3,4)29-18-22(17-28(38)35(29)44)43-30-11-7-5-9-23(30)25-13-14-26-24-10-6-8-12-33(24)45-36(26)34(25)43/h5-21H,1-4H3. The fourth-order valence-corrected chi connectivity index (χ4v) is 9.39. The highest BCUT2D eigenvalue weighted by Crippen LogP contribution is 2.60. The fourth-order valence-electron chi connectivity index (χ4n) is 8.14. The lowest BCUT2D eigenvalue weighted by Gasteiger charge is -2.48. The number of fused-ring (bicyclic) bond motifs is 11. The maximum absolute atomic E-state index is 4.91. The Kier molecular flexibility index (Phi) is 4.69. The maximum Gasteiger partial charge on any atom is 0.115 e. The third kappa shape index (κ3) is 3.05. The number of benzene rings is 4. The first-order chi connectivity index (χ1) is 21.9. The summed E-state index contributed by atoms with van der Waals surface area (Å²) in [5.41, 5.74) is 11.2. The zero-order chi connectivity index (χ0) is 30.2. The van der Waals surface area contributed by atoms with Crippen molar-refractivity contribution in [3.63, 3.8) is 0 Å². The van der Waals surface area contributed by atoms with Crippen LogP contribution in [0.15, 0.2) is 104 Å². The van der Waals surface area contributed by atoms with E-state index >= 15 is 0 Å². The number of pyridine rings is 1. The monoisotopic (exact) mass is 599 g/mol. The van der Waals surface area contributed by atoms with Crippen LogP contribution in [0, 0.1) is 0 Å². The summed E-state index contributed by atoms with van der Waals surface area (Å²) in [7, 11) is 0. The molecule has 0 fully saturated rings. The van der Waals surface area contributed by atoms with Crippen molar-refractivity contribution in [3.8, 4) is 5.69 Å². The van der Waals surface area contributed by atoms with Crippen molar-refractivity contribution >= 4 is 70.4 Å². The van der Waals surface area contributed by atoms with Crippen LogP contribution in [0.1, 0.15) is 50.1 Å². The second-order valence-electron chi connectivity index (χ2n) is 13.4. The quantitative estimate of drug-likeness (QED) is 0.188. The molecule has 6 heterocycles. The van der Waals surface area contributed by atoms with Gasteiger partial charge in [0.05, 0.1) is 50.9 Å². The van der Waals surface area contributed by atoms with E-state index in [1.165, 1.54) is 70.0 Å². The van der Waals surface area contributed by atoms with Gasteiger partial charge in [-0.1, -0.05) is 62.4 Å². The van der Waals surface area contributed by atoms with E-state index in [1.54, 1.807) is 6.33 Å². The summed E-state index contributed by atoms with van der Waals surface area (Å²) in [6, 6.07) is 29.3. The zero-order valence-corrected chi connectivity index (χ0v) is 26.3. The molecule has 0 radical (unpaired) electrons. The number of para-hydroxylation sites is 1. The minimum absolute atomic E-state index is 0.260. The smallest absolute Gasteiger partial charge is 0.115 e. The van der Waals surface area contributed by atoms with E-state index in [0.717, 1.165) is 17.1 Å². The molecule has 0 bridgehead atoms. The second kappa shape index (κ2) is 8.34. The van der Waals surface area contributed by atoms with E-state index in [9.17, 15) is 0 Å². The molecule has 8 aromatic rings. The van der Waals surface area contributed by atoms with Crippen LogP contribution in [0.3, 0.4) is 0 Å². The lowest BCUT2D eigenvalue weighted by atomic mass is 9.67. The van der Waals surface area contributed by atoms with Crippen LogP contribution in [0.25, 0.3) is 47.7 Å². The summed E-state index contributed by atoms with van der Waals surface area (Å²) in [4.78, 5) is 16.4. The molecule has 6 heteroatoms. The Hall–Kier alpha value is -5.07. The molecule has 2 aliphatic rings. The van der Waals surface area contributed by atoms with Crippen molar-refractivity contribution in [2.45, 2.75) is 38.5 Å². The van der Waals surface area contributed by atoms with Gasteiger partial charge in [0, 0.05) is 49.0 Å². The average Bonchev–Trinajstić information content (AvgIpc) is 3.60. The van der Waals surface area contributed by atoms with Crippen LogP contribution in [-0.2, 0) is 10.8 Å². The molecule has 0 N–H and O–H groups in total. The molecule has 0 amide bonds. The molecule has 10 rings (SSSR count). The lowest BCUT2D eigenvalue weighted by Crippen LogP contribution is -2.39. The first-order valence-corrected chi connectivity index (χ1v) is 16.3. The molecule has 0 spiro atoms. The Morgan fingerprint density at radius 1 is 0.667 bits per heavy atom. The number of nitrogens with zero attached hydrogens (tertiary/aromatic N) is 5. The molecule has 0 atom stereocenters. The highest BCUT2D eigenvalue weighted by molar-refractivity contribution is 7.26. The Bertz CT molecular complexity index is 2490. The van der Waals surface area contributed by atoms with Crippen LogP contribution in [0.2, 0.25) is 0 Å². The minimum Gasteiger partial charge on any atom is -0.308 e. The van der Waals surface area contributed by atoms with Crippen LogP contribution in [0.4, 0.5) is 17.1 Å². The SMILES string of the molecule is CC1(C)c2ccncc2N2c3cncnc3C(C)(C)c3cc(-n4c5ccccc5c5ccc6c7ccccc7sc6c54)cc1c32. The molecule has 0 saturated heterocycles. The Morgan fingerprint density at radius 2 is 1.40 bits per heavy atom. The normalized spacial score (nSPS) is 15.9. The van der Waals surface area contributed by atoms with Gasteiger partial charge in [-0.15, -0.1) is 11.3 Å². The molecular formula is C39H29N5S. The molecule has 0 aliphatic carbocycles. The summed E-state index contributed by atoms with van der Waals surface area (Å²) in [6.45, 7) is 9.31. The van der Waals surface area contributed by atoms with Crippen molar-refractivity contribution in [1.29, 1.82) is 0 Å². The van der Waals surface area contributed by atoms with E-state index in [4.69, 9.17) is 4.98 Å². The third-order valence-corrected chi connectivity index (χ3v) is 11.5. The van der Waals surface area contributed by atoms with Gasteiger partial charge >= 0.3 is 0 Å². The van der Waals surface area contributed by atoms with Crippen LogP contribution in [0.5, 0.6) is 0 Å². The van der Waals surface area contributed by atoms with E-state index < -0.39 is 0 Å². The van der Waals surface area contributed by atoms with E-state index in [-0.39, 0.29) is 10.8 Å². The van der Waals surface area contributed by atoms with Crippen molar-refractivity contribution < 1.29 is 0 Å². The molecule has 0 unspecified atom stereocenters. The molecule has 4 aromatic heterocycles. The predicted molar refractivity (Wildman–Crippen MR) is 186 cm³/mol. The molecule has 216 valence electrons. The number of rotatable bonds is 1. The Morgan fingerprint density at radius 3 is 2.27 bits per heavy atom. The van der Waals surface area contributed by atoms with Gasteiger partial charge in [0.1, 0.15) is 6.33 Å². The number of hydrogen-bond donors (Lipinski definition) is 0. The van der Waals surface area contributed by atoms with Gasteiger partial charge in [-0.25, -0.2) is 9.97 Å². The van der Waals surface area contributed by atoms with Gasteiger partial charge in [-0.3, -0.25) is 4.98 Å². The summed E-state index contributed by atoms with van der Waals surface area (Å²) >= 11 is 1.89.